The van der Waals surface area contributed by atoms with E-state index < -0.39 is 21.4 Å². The number of benzene rings is 1. The molecule has 0 radical (unpaired) electrons. The van der Waals surface area contributed by atoms with Crippen molar-refractivity contribution in [2.45, 2.75) is 50.5 Å². The van der Waals surface area contributed by atoms with Crippen molar-refractivity contribution in [3.63, 3.8) is 0 Å². The average molecular weight is 378 g/mol. The Hall–Kier alpha value is -1.89. The molecule has 1 N–H and O–H groups in total. The molecule has 2 fully saturated rings. The molecule has 3 amide bonds. The second-order valence-electron chi connectivity index (χ2n) is 8.46. The van der Waals surface area contributed by atoms with Crippen LogP contribution >= 0.6 is 0 Å². The molecule has 1 heterocycles. The Balaban J connectivity index is 1.76. The molecule has 26 heavy (non-hydrogen) atoms. The van der Waals surface area contributed by atoms with Crippen molar-refractivity contribution in [1.82, 2.24) is 10.2 Å². The van der Waals surface area contributed by atoms with Crippen LogP contribution in [-0.4, -0.2) is 43.1 Å². The number of nitrogens with zero attached hydrogens (tertiary/aromatic N) is 1. The summed E-state index contributed by atoms with van der Waals surface area (Å²) in [7, 11) is -3.54. The van der Waals surface area contributed by atoms with Crippen molar-refractivity contribution in [3.8, 4) is 0 Å². The van der Waals surface area contributed by atoms with E-state index in [-0.39, 0.29) is 28.5 Å². The molecule has 1 aromatic rings. The van der Waals surface area contributed by atoms with Gasteiger partial charge in [0.05, 0.1) is 10.6 Å². The molecule has 1 spiro atoms. The van der Waals surface area contributed by atoms with Gasteiger partial charge in [-0.25, -0.2) is 13.2 Å². The molecule has 0 aromatic heterocycles. The van der Waals surface area contributed by atoms with Gasteiger partial charge in [-0.05, 0) is 42.7 Å². The zero-order chi connectivity index (χ0) is 19.2. The highest BCUT2D eigenvalue weighted by atomic mass is 32.2. The molecule has 1 saturated carbocycles. The van der Waals surface area contributed by atoms with E-state index in [0.29, 0.717) is 18.8 Å². The average Bonchev–Trinajstić information content (AvgIpc) is 2.74. The van der Waals surface area contributed by atoms with Gasteiger partial charge >= 0.3 is 6.03 Å². The Morgan fingerprint density at radius 3 is 2.42 bits per heavy atom. The molecule has 2 atom stereocenters. The summed E-state index contributed by atoms with van der Waals surface area (Å²) in [6.45, 7) is 6.17. The number of carbonyl (C=O) groups is 2. The minimum absolute atomic E-state index is 0.0489. The number of hydrogen-bond donors (Lipinski definition) is 1. The maximum atomic E-state index is 13.0. The van der Waals surface area contributed by atoms with Crippen molar-refractivity contribution < 1.29 is 18.0 Å². The molecule has 7 heteroatoms. The monoisotopic (exact) mass is 378 g/mol. The maximum absolute atomic E-state index is 13.0. The first-order valence-electron chi connectivity index (χ1n) is 8.97. The number of nitrogens with one attached hydrogen (secondary N) is 1. The number of rotatable bonds is 4. The molecule has 1 aromatic carbocycles. The number of imide groups is 1. The third kappa shape index (κ3) is 3.49. The molecule has 3 rings (SSSR count). The standard InChI is InChI=1S/C19H26N2O4S/c1-14-11-18(2,3)13-19(12-14)16(22)21(17(23)20-19)9-10-26(24,25)15-7-5-4-6-8-15/h4-8,14H,9-13H2,1-3H3,(H,20,23). The lowest BCUT2D eigenvalue weighted by atomic mass is 9.64. The topological polar surface area (TPSA) is 83.6 Å². The molecular weight excluding hydrogens is 352 g/mol. The van der Waals surface area contributed by atoms with Gasteiger partial charge in [0, 0.05) is 6.54 Å². The van der Waals surface area contributed by atoms with Crippen LogP contribution in [0.2, 0.25) is 0 Å². The number of carbonyl (C=O) groups excluding carboxylic acids is 2. The maximum Gasteiger partial charge on any atom is 0.325 e. The van der Waals surface area contributed by atoms with Gasteiger partial charge in [-0.3, -0.25) is 9.69 Å². The summed E-state index contributed by atoms with van der Waals surface area (Å²) in [5, 5.41) is 2.87. The summed E-state index contributed by atoms with van der Waals surface area (Å²) < 4.78 is 24.9. The highest BCUT2D eigenvalue weighted by Gasteiger charge is 2.56. The summed E-state index contributed by atoms with van der Waals surface area (Å²) in [6.07, 6.45) is 2.18. The minimum atomic E-state index is -3.54. The molecule has 142 valence electrons. The van der Waals surface area contributed by atoms with Crippen LogP contribution in [-0.2, 0) is 14.6 Å². The van der Waals surface area contributed by atoms with Crippen LogP contribution in [0, 0.1) is 11.3 Å². The Morgan fingerprint density at radius 2 is 1.81 bits per heavy atom. The van der Waals surface area contributed by atoms with Crippen LogP contribution in [0.3, 0.4) is 0 Å². The van der Waals surface area contributed by atoms with E-state index in [2.05, 4.69) is 26.1 Å². The Bertz CT molecular complexity index is 819. The van der Waals surface area contributed by atoms with E-state index in [1.54, 1.807) is 18.2 Å². The molecule has 6 nitrogen and oxygen atoms in total. The molecule has 1 aliphatic heterocycles. The SMILES string of the molecule is CC1CC(C)(C)CC2(C1)NC(=O)N(CCS(=O)(=O)c1ccccc1)C2=O. The van der Waals surface area contributed by atoms with Gasteiger partial charge in [-0.2, -0.15) is 0 Å². The van der Waals surface area contributed by atoms with Crippen LogP contribution in [0.1, 0.15) is 40.0 Å². The molecule has 1 aliphatic carbocycles. The van der Waals surface area contributed by atoms with Gasteiger partial charge in [-0.15, -0.1) is 0 Å². The van der Waals surface area contributed by atoms with Crippen LogP contribution in [0.25, 0.3) is 0 Å². The van der Waals surface area contributed by atoms with Gasteiger partial charge in [0.1, 0.15) is 5.54 Å². The first kappa shape index (κ1) is 18.9. The van der Waals surface area contributed by atoms with Gasteiger partial charge in [0.2, 0.25) is 0 Å². The van der Waals surface area contributed by atoms with Crippen LogP contribution in [0.4, 0.5) is 4.79 Å². The second-order valence-corrected chi connectivity index (χ2v) is 10.6. The fourth-order valence-electron chi connectivity index (χ4n) is 4.67. The number of sulfone groups is 1. The number of amides is 3. The van der Waals surface area contributed by atoms with Gasteiger partial charge in [0.25, 0.3) is 5.91 Å². The van der Waals surface area contributed by atoms with Gasteiger partial charge in [-0.1, -0.05) is 39.0 Å². The third-order valence-corrected chi connectivity index (χ3v) is 7.02. The lowest BCUT2D eigenvalue weighted by Crippen LogP contribution is -2.54. The first-order valence-corrected chi connectivity index (χ1v) is 10.6. The normalized spacial score (nSPS) is 28.4. The molecule has 0 bridgehead atoms. The highest BCUT2D eigenvalue weighted by Crippen LogP contribution is 2.46. The lowest BCUT2D eigenvalue weighted by molar-refractivity contribution is -0.134. The van der Waals surface area contributed by atoms with Crippen molar-refractivity contribution in [2.75, 3.05) is 12.3 Å². The second kappa shape index (κ2) is 6.37. The van der Waals surface area contributed by atoms with E-state index in [4.69, 9.17) is 0 Å². The number of hydrogen-bond acceptors (Lipinski definition) is 4. The predicted octanol–water partition coefficient (Wildman–Crippen LogP) is 2.60. The summed E-state index contributed by atoms with van der Waals surface area (Å²) in [4.78, 5) is 26.7. The van der Waals surface area contributed by atoms with Crippen molar-refractivity contribution >= 4 is 21.8 Å². The molecule has 2 unspecified atom stereocenters. The number of urea groups is 1. The molecular formula is C19H26N2O4S. The Labute approximate surface area is 154 Å². The van der Waals surface area contributed by atoms with E-state index >= 15 is 0 Å². The van der Waals surface area contributed by atoms with Crippen LogP contribution in [0.5, 0.6) is 0 Å². The fraction of sp³-hybridized carbons (Fsp3) is 0.579. The van der Waals surface area contributed by atoms with E-state index in [1.807, 2.05) is 0 Å². The zero-order valence-corrected chi connectivity index (χ0v) is 16.3. The predicted molar refractivity (Wildman–Crippen MR) is 98.3 cm³/mol. The third-order valence-electron chi connectivity index (χ3n) is 5.31. The Kier molecular flexibility index (Phi) is 4.63. The Morgan fingerprint density at radius 1 is 1.15 bits per heavy atom. The summed E-state index contributed by atoms with van der Waals surface area (Å²) in [5.74, 6) is -0.244. The van der Waals surface area contributed by atoms with Crippen molar-refractivity contribution in [3.05, 3.63) is 30.3 Å². The van der Waals surface area contributed by atoms with E-state index in [9.17, 15) is 18.0 Å². The van der Waals surface area contributed by atoms with Gasteiger partial charge in [0.15, 0.2) is 9.84 Å². The summed E-state index contributed by atoms with van der Waals surface area (Å²) in [6, 6.07) is 7.61. The lowest BCUT2D eigenvalue weighted by Gasteiger charge is -2.43. The largest absolute Gasteiger partial charge is 0.325 e. The smallest absolute Gasteiger partial charge is 0.323 e. The fourth-order valence-corrected chi connectivity index (χ4v) is 5.90. The zero-order valence-electron chi connectivity index (χ0n) is 15.5. The van der Waals surface area contributed by atoms with Crippen molar-refractivity contribution in [2.24, 2.45) is 11.3 Å². The van der Waals surface area contributed by atoms with E-state index in [0.717, 1.165) is 11.3 Å². The van der Waals surface area contributed by atoms with Crippen LogP contribution in [0.15, 0.2) is 35.2 Å². The highest BCUT2D eigenvalue weighted by molar-refractivity contribution is 7.91. The summed E-state index contributed by atoms with van der Waals surface area (Å²) in [5.41, 5.74) is -0.943. The quantitative estimate of drug-likeness (QED) is 0.816. The molecule has 1 saturated heterocycles. The van der Waals surface area contributed by atoms with Gasteiger partial charge < -0.3 is 5.32 Å². The van der Waals surface area contributed by atoms with Crippen LogP contribution < -0.4 is 5.32 Å². The van der Waals surface area contributed by atoms with Crippen molar-refractivity contribution in [1.29, 1.82) is 0 Å². The minimum Gasteiger partial charge on any atom is -0.323 e. The first-order chi connectivity index (χ1) is 12.0. The van der Waals surface area contributed by atoms with E-state index in [1.165, 1.54) is 12.1 Å². The molecule has 2 aliphatic rings. The summed E-state index contributed by atoms with van der Waals surface area (Å²) >= 11 is 0.